The van der Waals surface area contributed by atoms with Crippen molar-refractivity contribution in [2.45, 2.75) is 6.05 Å². The third-order valence-corrected chi connectivity index (χ3v) is 2.16. The smallest absolute Gasteiger partial charge is 0.285 e. The Balaban J connectivity index is 2.42. The summed E-state index contributed by atoms with van der Waals surface area (Å²) in [6.45, 7) is 0. The average molecular weight is 259 g/mol. The Morgan fingerprint density at radius 1 is 1.28 bits per heavy atom. The molecule has 2 rings (SSSR count). The van der Waals surface area contributed by atoms with Gasteiger partial charge in [0, 0.05) is 6.07 Å². The van der Waals surface area contributed by atoms with E-state index in [1.165, 1.54) is 0 Å². The number of alkyl halides is 2. The molecular formula is C10H5F4N3O. The van der Waals surface area contributed by atoms with Crippen LogP contribution in [-0.4, -0.2) is 20.5 Å². The van der Waals surface area contributed by atoms with Crippen LogP contribution in [0.4, 0.5) is 17.6 Å². The molecule has 1 heterocycles. The van der Waals surface area contributed by atoms with Gasteiger partial charge in [-0.25, -0.2) is 13.8 Å². The van der Waals surface area contributed by atoms with Crippen molar-refractivity contribution in [2.24, 2.45) is 0 Å². The van der Waals surface area contributed by atoms with Crippen LogP contribution in [0.25, 0.3) is 0 Å². The fourth-order valence-electron chi connectivity index (χ4n) is 1.29. The average Bonchev–Trinajstić information content (AvgIpc) is 2.82. The van der Waals surface area contributed by atoms with Crippen molar-refractivity contribution in [3.8, 4) is 0 Å². The standard InChI is InChI=1S/C10H5F4N3O/c11-6-1-2-7(8(12)3-6)9(18)10(13,14)17-5-15-4-16-17/h1-5H. The molecule has 0 N–H and O–H groups in total. The second-order valence-electron chi connectivity index (χ2n) is 3.33. The molecule has 94 valence electrons. The molecule has 0 atom stereocenters. The quantitative estimate of drug-likeness (QED) is 0.625. The summed E-state index contributed by atoms with van der Waals surface area (Å²) in [5.41, 5.74) is -0.920. The van der Waals surface area contributed by atoms with Gasteiger partial charge in [-0.3, -0.25) is 4.79 Å². The minimum Gasteiger partial charge on any atom is -0.285 e. The highest BCUT2D eigenvalue weighted by atomic mass is 19.3. The molecular weight excluding hydrogens is 254 g/mol. The van der Waals surface area contributed by atoms with Gasteiger partial charge in [-0.1, -0.05) is 0 Å². The van der Waals surface area contributed by atoms with Crippen molar-refractivity contribution in [3.63, 3.8) is 0 Å². The van der Waals surface area contributed by atoms with Gasteiger partial charge in [0.25, 0.3) is 5.78 Å². The van der Waals surface area contributed by atoms with Crippen LogP contribution in [0.3, 0.4) is 0 Å². The van der Waals surface area contributed by atoms with E-state index in [4.69, 9.17) is 0 Å². The maximum Gasteiger partial charge on any atom is 0.409 e. The van der Waals surface area contributed by atoms with Crippen molar-refractivity contribution in [2.75, 3.05) is 0 Å². The van der Waals surface area contributed by atoms with Crippen molar-refractivity contribution < 1.29 is 22.4 Å². The van der Waals surface area contributed by atoms with Gasteiger partial charge in [0.1, 0.15) is 24.3 Å². The second-order valence-corrected chi connectivity index (χ2v) is 3.33. The molecule has 18 heavy (non-hydrogen) atoms. The van der Waals surface area contributed by atoms with E-state index in [0.29, 0.717) is 24.5 Å². The van der Waals surface area contributed by atoms with Crippen molar-refractivity contribution in [3.05, 3.63) is 48.1 Å². The molecule has 0 saturated heterocycles. The van der Waals surface area contributed by atoms with Crippen LogP contribution in [0.2, 0.25) is 0 Å². The van der Waals surface area contributed by atoms with Gasteiger partial charge in [0.15, 0.2) is 0 Å². The molecule has 0 bridgehead atoms. The normalized spacial score (nSPS) is 11.6. The number of nitrogens with zero attached hydrogens (tertiary/aromatic N) is 3. The molecule has 0 spiro atoms. The van der Waals surface area contributed by atoms with Gasteiger partial charge in [-0.05, 0) is 12.1 Å². The van der Waals surface area contributed by atoms with E-state index in [0.717, 1.165) is 6.33 Å². The van der Waals surface area contributed by atoms with Crippen LogP contribution in [0.15, 0.2) is 30.9 Å². The van der Waals surface area contributed by atoms with Gasteiger partial charge < -0.3 is 0 Å². The number of aromatic nitrogens is 3. The Bertz CT molecular complexity index is 583. The molecule has 0 aliphatic heterocycles. The monoisotopic (exact) mass is 259 g/mol. The number of hydrogen-bond acceptors (Lipinski definition) is 3. The van der Waals surface area contributed by atoms with Crippen molar-refractivity contribution in [1.82, 2.24) is 14.8 Å². The van der Waals surface area contributed by atoms with Gasteiger partial charge >= 0.3 is 6.05 Å². The summed E-state index contributed by atoms with van der Waals surface area (Å²) in [6.07, 6.45) is 1.43. The number of carbonyl (C=O) groups excluding carboxylic acids is 1. The zero-order chi connectivity index (χ0) is 13.3. The van der Waals surface area contributed by atoms with Crippen molar-refractivity contribution >= 4 is 5.78 Å². The zero-order valence-corrected chi connectivity index (χ0v) is 8.65. The summed E-state index contributed by atoms with van der Waals surface area (Å²) in [6, 6.07) is -2.37. The molecule has 0 saturated carbocycles. The Kier molecular flexibility index (Phi) is 2.85. The van der Waals surface area contributed by atoms with E-state index in [1.807, 2.05) is 0 Å². The molecule has 1 aromatic carbocycles. The molecule has 0 fully saturated rings. The molecule has 1 aromatic heterocycles. The van der Waals surface area contributed by atoms with E-state index in [9.17, 15) is 22.4 Å². The minimum atomic E-state index is -4.09. The predicted octanol–water partition coefficient (Wildman–Crippen LogP) is 1.99. The highest BCUT2D eigenvalue weighted by molar-refractivity contribution is 5.99. The first-order valence-electron chi connectivity index (χ1n) is 4.65. The highest BCUT2D eigenvalue weighted by Gasteiger charge is 2.43. The summed E-state index contributed by atoms with van der Waals surface area (Å²) < 4.78 is 53.0. The number of carbonyl (C=O) groups is 1. The van der Waals surface area contributed by atoms with Gasteiger partial charge in [0.05, 0.1) is 5.56 Å². The summed E-state index contributed by atoms with van der Waals surface area (Å²) >= 11 is 0. The lowest BCUT2D eigenvalue weighted by Crippen LogP contribution is -2.34. The SMILES string of the molecule is O=C(c1ccc(F)cc1F)C(F)(F)n1cncn1. The number of halogens is 4. The van der Waals surface area contributed by atoms with Crippen LogP contribution >= 0.6 is 0 Å². The van der Waals surface area contributed by atoms with Gasteiger partial charge in [-0.15, -0.1) is 0 Å². The molecule has 4 nitrogen and oxygen atoms in total. The molecule has 0 radical (unpaired) electrons. The first-order chi connectivity index (χ1) is 8.43. The third-order valence-electron chi connectivity index (χ3n) is 2.16. The van der Waals surface area contributed by atoms with Gasteiger partial charge in [-0.2, -0.15) is 18.6 Å². The van der Waals surface area contributed by atoms with E-state index in [1.54, 1.807) is 0 Å². The predicted molar refractivity (Wildman–Crippen MR) is 50.9 cm³/mol. The topological polar surface area (TPSA) is 47.8 Å². The Labute approximate surface area is 97.9 Å². The van der Waals surface area contributed by atoms with E-state index < -0.39 is 29.0 Å². The first kappa shape index (κ1) is 12.2. The first-order valence-corrected chi connectivity index (χ1v) is 4.65. The molecule has 2 aromatic rings. The number of hydrogen-bond donors (Lipinski definition) is 0. The Morgan fingerprint density at radius 3 is 2.56 bits per heavy atom. The van der Waals surface area contributed by atoms with Gasteiger partial charge in [0.2, 0.25) is 0 Å². The summed E-state index contributed by atoms with van der Waals surface area (Å²) in [5, 5.41) is 3.12. The fourth-order valence-corrected chi connectivity index (χ4v) is 1.29. The minimum absolute atomic E-state index is 0.00185. The van der Waals surface area contributed by atoms with Crippen LogP contribution in [0, 0.1) is 11.6 Å². The molecule has 0 aliphatic rings. The number of benzene rings is 1. The summed E-state index contributed by atoms with van der Waals surface area (Å²) in [7, 11) is 0. The lowest BCUT2D eigenvalue weighted by molar-refractivity contribution is -0.0565. The van der Waals surface area contributed by atoms with Crippen LogP contribution < -0.4 is 0 Å². The lowest BCUT2D eigenvalue weighted by atomic mass is 10.1. The highest BCUT2D eigenvalue weighted by Crippen LogP contribution is 2.26. The van der Waals surface area contributed by atoms with Crippen LogP contribution in [-0.2, 0) is 6.05 Å². The van der Waals surface area contributed by atoms with Crippen LogP contribution in [0.5, 0.6) is 0 Å². The molecule has 0 unspecified atom stereocenters. The number of Topliss-reactive ketones (excluding diaryl/α,β-unsaturated/α-hetero) is 1. The van der Waals surface area contributed by atoms with E-state index in [2.05, 4.69) is 10.1 Å². The van der Waals surface area contributed by atoms with Crippen LogP contribution in [0.1, 0.15) is 10.4 Å². The molecule has 8 heteroatoms. The summed E-state index contributed by atoms with van der Waals surface area (Å²) in [4.78, 5) is 14.8. The number of ketones is 1. The molecule has 0 amide bonds. The molecule has 0 aliphatic carbocycles. The zero-order valence-electron chi connectivity index (χ0n) is 8.65. The summed E-state index contributed by atoms with van der Waals surface area (Å²) in [5.74, 6) is -4.15. The Hall–Kier alpha value is -2.25. The van der Waals surface area contributed by atoms with E-state index in [-0.39, 0.29) is 4.68 Å². The fraction of sp³-hybridized carbons (Fsp3) is 0.100. The van der Waals surface area contributed by atoms with E-state index >= 15 is 0 Å². The second kappa shape index (κ2) is 4.21. The number of rotatable bonds is 3. The maximum absolute atomic E-state index is 13.6. The van der Waals surface area contributed by atoms with Crippen molar-refractivity contribution in [1.29, 1.82) is 0 Å². The largest absolute Gasteiger partial charge is 0.409 e. The third kappa shape index (κ3) is 1.96. The lowest BCUT2D eigenvalue weighted by Gasteiger charge is -2.14. The Morgan fingerprint density at radius 2 is 2.00 bits per heavy atom. The maximum atomic E-state index is 13.6.